The van der Waals surface area contributed by atoms with Crippen LogP contribution in [0.15, 0.2) is 36.4 Å². The molecule has 0 amide bonds. The van der Waals surface area contributed by atoms with Gasteiger partial charge in [0.2, 0.25) is 0 Å². The molecule has 0 unspecified atom stereocenters. The summed E-state index contributed by atoms with van der Waals surface area (Å²) >= 11 is 0. The van der Waals surface area contributed by atoms with E-state index in [-0.39, 0.29) is 0 Å². The van der Waals surface area contributed by atoms with Crippen LogP contribution in [-0.4, -0.2) is 18.8 Å². The second-order valence-electron chi connectivity index (χ2n) is 4.49. The van der Waals surface area contributed by atoms with Crippen molar-refractivity contribution in [1.82, 2.24) is 4.57 Å². The highest BCUT2D eigenvalue weighted by Gasteiger charge is 2.13. The van der Waals surface area contributed by atoms with E-state index < -0.39 is 0 Å². The highest BCUT2D eigenvalue weighted by Crippen LogP contribution is 2.37. The van der Waals surface area contributed by atoms with Crippen molar-refractivity contribution in [2.45, 2.75) is 13.5 Å². The number of hydrogen-bond acceptors (Lipinski definition) is 2. The molecule has 0 aliphatic carbocycles. The van der Waals surface area contributed by atoms with E-state index in [0.717, 1.165) is 18.0 Å². The van der Waals surface area contributed by atoms with Gasteiger partial charge >= 0.3 is 0 Å². The Bertz CT molecular complexity index is 743. The summed E-state index contributed by atoms with van der Waals surface area (Å²) in [6, 6.07) is 12.5. The number of aromatic nitrogens is 1. The second-order valence-corrected chi connectivity index (χ2v) is 4.49. The fourth-order valence-electron chi connectivity index (χ4n) is 2.71. The Balaban J connectivity index is 2.48. The van der Waals surface area contributed by atoms with Crippen LogP contribution in [0.1, 0.15) is 6.92 Å². The molecule has 0 spiro atoms. The first-order valence-corrected chi connectivity index (χ1v) is 6.43. The molecule has 0 aliphatic rings. The van der Waals surface area contributed by atoms with Gasteiger partial charge in [0.05, 0.1) is 19.7 Å². The van der Waals surface area contributed by atoms with E-state index in [4.69, 9.17) is 9.47 Å². The zero-order valence-electron chi connectivity index (χ0n) is 11.4. The first-order chi connectivity index (χ1) is 9.30. The van der Waals surface area contributed by atoms with Crippen molar-refractivity contribution in [2.24, 2.45) is 0 Å². The molecular formula is C16H17NO2. The van der Waals surface area contributed by atoms with Crippen molar-refractivity contribution in [2.75, 3.05) is 14.2 Å². The number of para-hydroxylation sites is 1. The van der Waals surface area contributed by atoms with Gasteiger partial charge in [-0.2, -0.15) is 0 Å². The molecule has 2 aromatic carbocycles. The highest BCUT2D eigenvalue weighted by atomic mass is 16.5. The third-order valence-electron chi connectivity index (χ3n) is 3.59. The number of methoxy groups -OCH3 is 2. The third-order valence-corrected chi connectivity index (χ3v) is 3.59. The second kappa shape index (κ2) is 4.50. The SMILES string of the molecule is CCn1c2ccccc2c2cc(OC)c(OC)cc21. The normalized spacial score (nSPS) is 11.1. The van der Waals surface area contributed by atoms with Gasteiger partial charge in [-0.3, -0.25) is 0 Å². The van der Waals surface area contributed by atoms with Crippen LogP contribution in [-0.2, 0) is 6.54 Å². The molecule has 0 aliphatic heterocycles. The van der Waals surface area contributed by atoms with E-state index in [1.807, 2.05) is 0 Å². The maximum atomic E-state index is 5.40. The standard InChI is InChI=1S/C16H17NO2/c1-4-17-13-8-6-5-7-11(13)12-9-15(18-2)16(19-3)10-14(12)17/h5-10H,4H2,1-3H3. The molecule has 0 atom stereocenters. The molecule has 3 aromatic rings. The number of benzene rings is 2. The van der Waals surface area contributed by atoms with Crippen molar-refractivity contribution in [3.63, 3.8) is 0 Å². The van der Waals surface area contributed by atoms with Crippen LogP contribution in [0.4, 0.5) is 0 Å². The van der Waals surface area contributed by atoms with Crippen LogP contribution in [0.5, 0.6) is 11.5 Å². The maximum Gasteiger partial charge on any atom is 0.162 e. The van der Waals surface area contributed by atoms with Crippen molar-refractivity contribution < 1.29 is 9.47 Å². The first-order valence-electron chi connectivity index (χ1n) is 6.43. The quantitative estimate of drug-likeness (QED) is 0.710. The van der Waals surface area contributed by atoms with Gasteiger partial charge in [-0.25, -0.2) is 0 Å². The van der Waals surface area contributed by atoms with Crippen molar-refractivity contribution in [3.05, 3.63) is 36.4 Å². The zero-order valence-corrected chi connectivity index (χ0v) is 11.4. The summed E-state index contributed by atoms with van der Waals surface area (Å²) in [6.45, 7) is 3.09. The lowest BCUT2D eigenvalue weighted by molar-refractivity contribution is 0.355. The van der Waals surface area contributed by atoms with Gasteiger partial charge < -0.3 is 14.0 Å². The predicted molar refractivity (Wildman–Crippen MR) is 78.2 cm³/mol. The minimum absolute atomic E-state index is 0.771. The van der Waals surface area contributed by atoms with Gasteiger partial charge in [-0.15, -0.1) is 0 Å². The Morgan fingerprint density at radius 3 is 2.26 bits per heavy atom. The molecule has 1 aromatic heterocycles. The van der Waals surface area contributed by atoms with Crippen LogP contribution < -0.4 is 9.47 Å². The summed E-state index contributed by atoms with van der Waals surface area (Å²) in [7, 11) is 3.34. The zero-order chi connectivity index (χ0) is 13.4. The Kier molecular flexibility index (Phi) is 2.82. The molecule has 0 saturated carbocycles. The molecule has 0 radical (unpaired) electrons. The summed E-state index contributed by atoms with van der Waals surface area (Å²) in [5.74, 6) is 1.54. The number of ether oxygens (including phenoxy) is 2. The maximum absolute atomic E-state index is 5.40. The lowest BCUT2D eigenvalue weighted by atomic mass is 10.1. The fraction of sp³-hybridized carbons (Fsp3) is 0.250. The van der Waals surface area contributed by atoms with E-state index in [0.29, 0.717) is 0 Å². The summed E-state index contributed by atoms with van der Waals surface area (Å²) < 4.78 is 13.1. The van der Waals surface area contributed by atoms with Gasteiger partial charge in [0.1, 0.15) is 0 Å². The number of fused-ring (bicyclic) bond motifs is 3. The average Bonchev–Trinajstić information content (AvgIpc) is 2.78. The third kappa shape index (κ3) is 1.65. The van der Waals surface area contributed by atoms with Gasteiger partial charge in [-0.1, -0.05) is 18.2 Å². The van der Waals surface area contributed by atoms with Gasteiger partial charge in [0.15, 0.2) is 11.5 Å². The van der Waals surface area contributed by atoms with E-state index in [2.05, 4.69) is 47.9 Å². The molecule has 3 heteroatoms. The number of hydrogen-bond donors (Lipinski definition) is 0. The number of rotatable bonds is 3. The van der Waals surface area contributed by atoms with Crippen LogP contribution >= 0.6 is 0 Å². The monoisotopic (exact) mass is 255 g/mol. The molecule has 1 heterocycles. The summed E-state index contributed by atoms with van der Waals surface area (Å²) in [5.41, 5.74) is 2.43. The first kappa shape index (κ1) is 11.9. The molecule has 0 bridgehead atoms. The molecule has 0 saturated heterocycles. The smallest absolute Gasteiger partial charge is 0.162 e. The van der Waals surface area contributed by atoms with E-state index in [9.17, 15) is 0 Å². The lowest BCUT2D eigenvalue weighted by Crippen LogP contribution is -1.94. The summed E-state index contributed by atoms with van der Waals surface area (Å²) in [5, 5.41) is 2.45. The number of nitrogens with zero attached hydrogens (tertiary/aromatic N) is 1. The molecule has 3 rings (SSSR count). The summed E-state index contributed by atoms with van der Waals surface area (Å²) in [6.07, 6.45) is 0. The average molecular weight is 255 g/mol. The van der Waals surface area contributed by atoms with E-state index >= 15 is 0 Å². The van der Waals surface area contributed by atoms with Crippen molar-refractivity contribution in [3.8, 4) is 11.5 Å². The van der Waals surface area contributed by atoms with Gasteiger partial charge in [0, 0.05) is 28.9 Å². The predicted octanol–water partition coefficient (Wildman–Crippen LogP) is 3.83. The van der Waals surface area contributed by atoms with Crippen LogP contribution in [0.2, 0.25) is 0 Å². The van der Waals surface area contributed by atoms with Gasteiger partial charge in [0.25, 0.3) is 0 Å². The Labute approximate surface area is 112 Å². The van der Waals surface area contributed by atoms with Crippen LogP contribution in [0.25, 0.3) is 21.8 Å². The Hall–Kier alpha value is -2.16. The Morgan fingerprint density at radius 1 is 0.895 bits per heavy atom. The summed E-state index contributed by atoms with van der Waals surface area (Å²) in [4.78, 5) is 0. The minimum atomic E-state index is 0.771. The molecule has 0 fully saturated rings. The van der Waals surface area contributed by atoms with Gasteiger partial charge in [-0.05, 0) is 19.1 Å². The molecule has 19 heavy (non-hydrogen) atoms. The Morgan fingerprint density at radius 2 is 1.58 bits per heavy atom. The van der Waals surface area contributed by atoms with Crippen molar-refractivity contribution >= 4 is 21.8 Å². The largest absolute Gasteiger partial charge is 0.493 e. The molecular weight excluding hydrogens is 238 g/mol. The van der Waals surface area contributed by atoms with Crippen molar-refractivity contribution in [1.29, 1.82) is 0 Å². The topological polar surface area (TPSA) is 23.4 Å². The fourth-order valence-corrected chi connectivity index (χ4v) is 2.71. The lowest BCUT2D eigenvalue weighted by Gasteiger charge is -2.09. The van der Waals surface area contributed by atoms with Crippen LogP contribution in [0.3, 0.4) is 0 Å². The number of aryl methyl sites for hydroxylation is 1. The molecule has 3 nitrogen and oxygen atoms in total. The van der Waals surface area contributed by atoms with E-state index in [1.165, 1.54) is 21.8 Å². The highest BCUT2D eigenvalue weighted by molar-refractivity contribution is 6.09. The molecule has 98 valence electrons. The molecule has 0 N–H and O–H groups in total. The van der Waals surface area contributed by atoms with E-state index in [1.54, 1.807) is 14.2 Å². The van der Waals surface area contributed by atoms with Crippen LogP contribution in [0, 0.1) is 0 Å². The minimum Gasteiger partial charge on any atom is -0.493 e.